The van der Waals surface area contributed by atoms with Crippen molar-refractivity contribution in [1.82, 2.24) is 79.6 Å². The van der Waals surface area contributed by atoms with Gasteiger partial charge >= 0.3 is 0 Å². The predicted molar refractivity (Wildman–Crippen MR) is 642 cm³/mol. The molecule has 0 fully saturated rings. The minimum absolute atomic E-state index is 0.112. The summed E-state index contributed by atoms with van der Waals surface area (Å²) in [6.45, 7) is 62.6. The third-order valence-electron chi connectivity index (χ3n) is 24.8. The van der Waals surface area contributed by atoms with Crippen LogP contribution in [0.15, 0.2) is 252 Å². The van der Waals surface area contributed by atoms with Gasteiger partial charge in [-0.25, -0.2) is 48.1 Å². The first-order valence-corrected chi connectivity index (χ1v) is 57.3. The standard InChI is InChI=1S/C13H14.C12H11F2N.4C11H13NS.C10H13N3.2C10H11NS.C9H12N4.C8H10BrN.C8H10FN/c1-10(2)12-9-5-7-11-6-3-4-8-13(11)12;1-7(2)8-5-6-15-12-9(8)3-4-10(13)11(12)14;1-7(2)9-4-5-12-10-8(3)6-13-11(9)10;1-7(2)9-4-5-12-11-10(9)8(3)6-13-11;1-7(2)9-4-5-12-10-6-8(3)13-11(9)10;1-7(2)9-4-5-12-11-10(9)6-8(3)13-11;1-6(2)8-10-9(13-5-12-8)7(3)4-11-10;1-7(2)8-3-5-11-9-4-6-12-10(8)9;1-7(2)8-3-5-11-10-9(8)4-6-12-10;1-6(2)8-9-7(10-5-11-8)4-13(3)12-9;2*1-6(2)8-4-3-7(9)5-10-8/h3-10H,1-2H3;3-7H,1-2H3;4*4-7H,1-3H3;4-6,11H,1-3H3;2*3-7H,1-2H3;4-6H,1-3H3;2*3-6H,1-2H3. The molecule has 0 radical (unpaired) electrons. The van der Waals surface area contributed by atoms with Crippen LogP contribution in [0.1, 0.15) is 331 Å². The summed E-state index contributed by atoms with van der Waals surface area (Å²) in [6.07, 6.45) is 23.1. The second-order valence-corrected chi connectivity index (χ2v) is 47.6. The van der Waals surface area contributed by atoms with Crippen LogP contribution in [0.2, 0.25) is 0 Å². The molecule has 0 bridgehead atoms. The summed E-state index contributed by atoms with van der Waals surface area (Å²) < 4.78 is 45.5. The van der Waals surface area contributed by atoms with Gasteiger partial charge in [0.25, 0.3) is 0 Å². The molecule has 0 saturated heterocycles. The molecule has 22 aromatic rings. The molecule has 19 aromatic heterocycles. The number of rotatable bonds is 12. The first kappa shape index (κ1) is 118. The van der Waals surface area contributed by atoms with E-state index in [0.717, 1.165) is 76.8 Å². The zero-order chi connectivity index (χ0) is 109. The van der Waals surface area contributed by atoms with Crippen LogP contribution in [0.5, 0.6) is 0 Å². The number of hydrogen-bond acceptors (Lipinski definition) is 20. The highest BCUT2D eigenvalue weighted by Crippen LogP contribution is 2.38. The molecule has 150 heavy (non-hydrogen) atoms. The Labute approximate surface area is 916 Å². The summed E-state index contributed by atoms with van der Waals surface area (Å²) in [6, 6.07) is 48.2. The van der Waals surface area contributed by atoms with Crippen LogP contribution in [0, 0.1) is 52.1 Å². The maximum atomic E-state index is 13.4. The van der Waals surface area contributed by atoms with Crippen molar-refractivity contribution in [2.24, 2.45) is 7.05 Å². The van der Waals surface area contributed by atoms with Gasteiger partial charge in [-0.05, 0) is 318 Å². The third-order valence-corrected chi connectivity index (χ3v) is 31.3. The molecule has 26 heteroatoms. The van der Waals surface area contributed by atoms with Gasteiger partial charge in [0.15, 0.2) is 11.6 Å². The maximum absolute atomic E-state index is 13.4. The molecular formula is C124H144BrF3N16S6. The largest absolute Gasteiger partial charge is 0.358 e. The smallest absolute Gasteiger partial charge is 0.184 e. The highest BCUT2D eigenvalue weighted by Gasteiger charge is 2.19. The second kappa shape index (κ2) is 56.2. The first-order chi connectivity index (χ1) is 71.5. The number of thiophene rings is 6. The number of halogens is 4. The van der Waals surface area contributed by atoms with Gasteiger partial charge in [-0.1, -0.05) is 209 Å². The normalized spacial score (nSPS) is 11.2. The number of aromatic nitrogens is 16. The van der Waals surface area contributed by atoms with Crippen LogP contribution in [0.3, 0.4) is 0 Å². The van der Waals surface area contributed by atoms with E-state index in [-0.39, 0.29) is 17.3 Å². The molecule has 0 unspecified atom stereocenters. The van der Waals surface area contributed by atoms with E-state index in [1.165, 1.54) is 140 Å². The number of nitrogens with one attached hydrogen (secondary N) is 1. The molecule has 0 spiro atoms. The Morgan fingerprint density at radius 2 is 0.833 bits per heavy atom. The number of fused-ring (bicyclic) bond motifs is 10. The van der Waals surface area contributed by atoms with Crippen molar-refractivity contribution in [3.63, 3.8) is 0 Å². The van der Waals surface area contributed by atoms with E-state index in [1.807, 2.05) is 120 Å². The summed E-state index contributed by atoms with van der Waals surface area (Å²) in [4.78, 5) is 64.4. The van der Waals surface area contributed by atoms with Crippen molar-refractivity contribution in [3.05, 3.63) is 364 Å². The molecule has 0 atom stereocenters. The Kier molecular flexibility index (Phi) is 44.2. The zero-order valence-corrected chi connectivity index (χ0v) is 98.8. The summed E-state index contributed by atoms with van der Waals surface area (Å²) in [7, 11) is 1.89. The van der Waals surface area contributed by atoms with Crippen molar-refractivity contribution in [2.75, 3.05) is 0 Å². The average molecular weight is 2190 g/mol. The van der Waals surface area contributed by atoms with Crippen LogP contribution < -0.4 is 0 Å². The fourth-order valence-corrected chi connectivity index (χ4v) is 23.0. The van der Waals surface area contributed by atoms with E-state index in [2.05, 4.69) is 389 Å². The third kappa shape index (κ3) is 31.7. The number of nitrogens with zero attached hydrogens (tertiary/aromatic N) is 15. The van der Waals surface area contributed by atoms with Crippen LogP contribution in [-0.4, -0.2) is 79.6 Å². The summed E-state index contributed by atoms with van der Waals surface area (Å²) >= 11 is 14.0. The lowest BCUT2D eigenvalue weighted by Gasteiger charge is -2.09. The average Bonchev–Trinajstić information content (AvgIpc) is 1.65. The van der Waals surface area contributed by atoms with Crippen LogP contribution in [-0.2, 0) is 7.05 Å². The van der Waals surface area contributed by atoms with Gasteiger partial charge in [-0.2, -0.15) is 5.10 Å². The number of benzene rings is 3. The van der Waals surface area contributed by atoms with Gasteiger partial charge in [0.05, 0.1) is 65.5 Å². The minimum Gasteiger partial charge on any atom is -0.358 e. The van der Waals surface area contributed by atoms with Crippen molar-refractivity contribution in [2.45, 2.75) is 272 Å². The first-order valence-electron chi connectivity index (χ1n) is 51.4. The molecule has 16 nitrogen and oxygen atoms in total. The van der Waals surface area contributed by atoms with Crippen molar-refractivity contribution >= 4 is 189 Å². The Morgan fingerprint density at radius 3 is 1.44 bits per heavy atom. The molecule has 3 aromatic carbocycles. The Balaban J connectivity index is 0.000000155. The summed E-state index contributed by atoms with van der Waals surface area (Å²) in [5.41, 5.74) is 26.5. The molecule has 0 saturated carbocycles. The van der Waals surface area contributed by atoms with E-state index in [4.69, 9.17) is 0 Å². The van der Waals surface area contributed by atoms with Crippen molar-refractivity contribution in [1.29, 1.82) is 0 Å². The number of aryl methyl sites for hydroxylation is 6. The zero-order valence-electron chi connectivity index (χ0n) is 92.3. The second-order valence-electron chi connectivity index (χ2n) is 40.7. The molecule has 22 rings (SSSR count). The molecule has 0 amide bonds. The number of pyridine rings is 9. The minimum atomic E-state index is -0.866. The Bertz CT molecular complexity index is 7570. The topological polar surface area (TPSA) is 201 Å². The van der Waals surface area contributed by atoms with E-state index >= 15 is 0 Å². The summed E-state index contributed by atoms with van der Waals surface area (Å²) in [5, 5.41) is 20.3. The predicted octanol–water partition coefficient (Wildman–Crippen LogP) is 38.5. The van der Waals surface area contributed by atoms with E-state index in [1.54, 1.807) is 86.2 Å². The van der Waals surface area contributed by atoms with Gasteiger partial charge in [0.1, 0.15) is 49.5 Å². The maximum Gasteiger partial charge on any atom is 0.184 e. The Morgan fingerprint density at radius 1 is 0.327 bits per heavy atom. The molecule has 784 valence electrons. The fraction of sp³-hybridized carbons (Fsp3) is 0.339. The SMILES string of the molecule is CC(C)c1ccc(Br)cn1.CC(C)c1ccc(F)cn1.CC(C)c1cccc2ccccc12.CC(C)c1ccnc2c(F)c(F)ccc12.CC(C)c1ccnc2ccsc12.CC(C)c1ccnc2sccc12.CC(C)c1ncnc2cn(C)nc12.Cc1c[nH]c2c(C(C)C)ncnc12.Cc1cc2c(C(C)C)ccnc2s1.Cc1cc2nccc(C(C)C)c2s1.Cc1csc2c(C(C)C)ccnc12.Cc1csc2nccc(C(C)C)c12. The van der Waals surface area contributed by atoms with Gasteiger partial charge in [0.2, 0.25) is 0 Å². The number of H-pyrrole nitrogens is 1. The van der Waals surface area contributed by atoms with Crippen LogP contribution >= 0.6 is 84.0 Å². The lowest BCUT2D eigenvalue weighted by atomic mass is 9.96. The number of hydrogen-bond donors (Lipinski definition) is 1. The molecule has 19 heterocycles. The molecule has 0 aliphatic heterocycles. The van der Waals surface area contributed by atoms with Crippen molar-refractivity contribution < 1.29 is 13.2 Å². The number of aromatic amines is 1. The monoisotopic (exact) mass is 2180 g/mol. The lowest BCUT2D eigenvalue weighted by Crippen LogP contribution is -1.95. The van der Waals surface area contributed by atoms with Gasteiger partial charge in [-0.15, -0.1) is 68.0 Å². The van der Waals surface area contributed by atoms with Crippen LogP contribution in [0.25, 0.3) is 105 Å². The molecule has 0 aliphatic carbocycles. The van der Waals surface area contributed by atoms with Gasteiger partial charge in [0, 0.05) is 110 Å². The summed E-state index contributed by atoms with van der Waals surface area (Å²) in [5.74, 6) is 4.11. The van der Waals surface area contributed by atoms with Crippen LogP contribution in [0.4, 0.5) is 13.2 Å². The molecular weight excluding hydrogens is 2040 g/mol. The van der Waals surface area contributed by atoms with E-state index < -0.39 is 11.6 Å². The van der Waals surface area contributed by atoms with Gasteiger partial charge in [-0.3, -0.25) is 34.6 Å². The molecule has 1 N–H and O–H groups in total. The quantitative estimate of drug-likeness (QED) is 0.121. The van der Waals surface area contributed by atoms with Gasteiger partial charge < -0.3 is 4.98 Å². The highest BCUT2D eigenvalue weighted by molar-refractivity contribution is 9.10. The van der Waals surface area contributed by atoms with Crippen molar-refractivity contribution in [3.8, 4) is 0 Å². The molecule has 0 aliphatic rings. The fourth-order valence-electron chi connectivity index (χ4n) is 16.8. The van der Waals surface area contributed by atoms with E-state index in [9.17, 15) is 13.2 Å². The lowest BCUT2D eigenvalue weighted by molar-refractivity contribution is 0.515. The van der Waals surface area contributed by atoms with E-state index in [0.29, 0.717) is 70.5 Å². The highest BCUT2D eigenvalue weighted by atomic mass is 79.9. The Hall–Kier alpha value is -12.3.